The van der Waals surface area contributed by atoms with Gasteiger partial charge in [0.1, 0.15) is 19.8 Å². The first-order valence-corrected chi connectivity index (χ1v) is 12.0. The number of rotatable bonds is 12. The number of carbonyl (C=O) groups is 2. The van der Waals surface area contributed by atoms with Gasteiger partial charge >= 0.3 is 12.1 Å². The molecule has 0 aliphatic rings. The third-order valence-electron chi connectivity index (χ3n) is 6.09. The lowest BCUT2D eigenvalue weighted by molar-refractivity contribution is -0.869. The highest BCUT2D eigenvalue weighted by molar-refractivity contribution is 5.77. The number of carbonyl (C=O) groups excluding carboxylic acids is 2. The number of likely N-dealkylation sites (N-methyl/N-ethyl adjacent to an activating group) is 1. The molecule has 0 aliphatic heterocycles. The number of amides is 1. The molecule has 0 spiro atoms. The van der Waals surface area contributed by atoms with Gasteiger partial charge in [0.15, 0.2) is 6.04 Å². The van der Waals surface area contributed by atoms with Gasteiger partial charge in [0.25, 0.3) is 0 Å². The van der Waals surface area contributed by atoms with Gasteiger partial charge in [-0.05, 0) is 30.5 Å². The topological polar surface area (TPSA) is 78.6 Å². The third kappa shape index (κ3) is 7.77. The molecule has 0 radical (unpaired) electrons. The van der Waals surface area contributed by atoms with Crippen LogP contribution in [0.15, 0.2) is 91.0 Å². The van der Waals surface area contributed by atoms with E-state index in [9.17, 15) is 9.59 Å². The highest BCUT2D eigenvalue weighted by atomic mass is 16.6. The minimum atomic E-state index is -0.728. The van der Waals surface area contributed by atoms with Crippen LogP contribution in [0.5, 0.6) is 0 Å². The van der Waals surface area contributed by atoms with Crippen LogP contribution in [0.4, 0.5) is 4.79 Å². The van der Waals surface area contributed by atoms with Crippen molar-refractivity contribution in [2.24, 2.45) is 5.73 Å². The summed E-state index contributed by atoms with van der Waals surface area (Å²) in [5.41, 5.74) is 8.43. The van der Waals surface area contributed by atoms with Crippen LogP contribution in [0.2, 0.25) is 0 Å². The predicted molar refractivity (Wildman–Crippen MR) is 136 cm³/mol. The van der Waals surface area contributed by atoms with Gasteiger partial charge in [-0.15, -0.1) is 0 Å². The zero-order valence-corrected chi connectivity index (χ0v) is 20.3. The van der Waals surface area contributed by atoms with E-state index in [1.165, 1.54) is 0 Å². The van der Waals surface area contributed by atoms with Crippen LogP contribution < -0.4 is 5.73 Å². The van der Waals surface area contributed by atoms with Gasteiger partial charge in [0, 0.05) is 12.0 Å². The standard InChI is InChI=1S/C29H35N2O4/c1-31(21-24-13-5-2-6-14-24,29(33)35-23-26-17-9-4-10-18-26)27(19-11-12-20-30)28(32)34-22-25-15-7-3-8-16-25/h2-10,13-18,27H,11-12,19-23,30H2,1H3/q+1/t27-,31?/m0/s1. The number of hydrogen-bond donors (Lipinski definition) is 1. The van der Waals surface area contributed by atoms with Gasteiger partial charge in [0.2, 0.25) is 0 Å². The molecule has 35 heavy (non-hydrogen) atoms. The van der Waals surface area contributed by atoms with Crippen LogP contribution in [0.1, 0.15) is 36.0 Å². The molecule has 0 aromatic heterocycles. The van der Waals surface area contributed by atoms with Crippen LogP contribution in [-0.2, 0) is 34.0 Å². The zero-order valence-electron chi connectivity index (χ0n) is 20.3. The summed E-state index contributed by atoms with van der Waals surface area (Å²) in [5.74, 6) is -0.416. The Labute approximate surface area is 207 Å². The first-order valence-electron chi connectivity index (χ1n) is 12.0. The molecule has 6 nitrogen and oxygen atoms in total. The average molecular weight is 476 g/mol. The molecule has 1 unspecified atom stereocenters. The molecular formula is C29H35N2O4+. The molecule has 0 saturated heterocycles. The predicted octanol–water partition coefficient (Wildman–Crippen LogP) is 5.21. The first kappa shape index (κ1) is 26.1. The van der Waals surface area contributed by atoms with E-state index in [0.29, 0.717) is 25.9 Å². The summed E-state index contributed by atoms with van der Waals surface area (Å²) in [5, 5.41) is 0. The second-order valence-corrected chi connectivity index (χ2v) is 8.85. The molecule has 0 aliphatic carbocycles. The van der Waals surface area contributed by atoms with E-state index in [1.54, 1.807) is 7.05 Å². The average Bonchev–Trinajstić information content (AvgIpc) is 2.90. The van der Waals surface area contributed by atoms with E-state index >= 15 is 0 Å². The number of nitrogens with two attached hydrogens (primary N) is 1. The maximum atomic E-state index is 13.6. The second-order valence-electron chi connectivity index (χ2n) is 8.85. The van der Waals surface area contributed by atoms with E-state index in [4.69, 9.17) is 15.2 Å². The maximum absolute atomic E-state index is 13.6. The van der Waals surface area contributed by atoms with E-state index < -0.39 is 18.1 Å². The van der Waals surface area contributed by atoms with Gasteiger partial charge < -0.3 is 15.2 Å². The highest BCUT2D eigenvalue weighted by Crippen LogP contribution is 2.25. The van der Waals surface area contributed by atoms with Crippen molar-refractivity contribution in [2.75, 3.05) is 13.6 Å². The van der Waals surface area contributed by atoms with Crippen molar-refractivity contribution < 1.29 is 23.5 Å². The monoisotopic (exact) mass is 475 g/mol. The number of nitrogens with zero attached hydrogens (tertiary/aromatic N) is 1. The summed E-state index contributed by atoms with van der Waals surface area (Å²) in [6.07, 6.45) is 1.46. The van der Waals surface area contributed by atoms with Crippen LogP contribution in [0.3, 0.4) is 0 Å². The summed E-state index contributed by atoms with van der Waals surface area (Å²) >= 11 is 0. The lowest BCUT2D eigenvalue weighted by atomic mass is 10.0. The Kier molecular flexibility index (Phi) is 10.0. The quantitative estimate of drug-likeness (QED) is 0.221. The molecular weight excluding hydrogens is 440 g/mol. The van der Waals surface area contributed by atoms with Crippen molar-refractivity contribution in [1.29, 1.82) is 0 Å². The van der Waals surface area contributed by atoms with Crippen molar-refractivity contribution in [1.82, 2.24) is 0 Å². The van der Waals surface area contributed by atoms with E-state index in [0.717, 1.165) is 23.1 Å². The fraction of sp³-hybridized carbons (Fsp3) is 0.310. The van der Waals surface area contributed by atoms with Crippen LogP contribution in [0, 0.1) is 0 Å². The fourth-order valence-electron chi connectivity index (χ4n) is 4.07. The lowest BCUT2D eigenvalue weighted by Gasteiger charge is -2.36. The summed E-state index contributed by atoms with van der Waals surface area (Å²) < 4.78 is 11.2. The largest absolute Gasteiger partial charge is 0.517 e. The van der Waals surface area contributed by atoms with Crippen molar-refractivity contribution in [3.05, 3.63) is 108 Å². The Balaban J connectivity index is 1.85. The highest BCUT2D eigenvalue weighted by Gasteiger charge is 2.47. The minimum absolute atomic E-state index is 0.136. The Hall–Kier alpha value is -3.48. The van der Waals surface area contributed by atoms with Gasteiger partial charge in [-0.25, -0.2) is 9.28 Å². The molecule has 0 bridgehead atoms. The van der Waals surface area contributed by atoms with Gasteiger partial charge in [-0.3, -0.25) is 0 Å². The summed E-state index contributed by atoms with van der Waals surface area (Å²) in [7, 11) is 1.76. The number of unbranched alkanes of at least 4 members (excludes halogenated alkanes) is 1. The molecule has 3 rings (SSSR count). The van der Waals surface area contributed by atoms with Crippen molar-refractivity contribution in [3.63, 3.8) is 0 Å². The Morgan fingerprint density at radius 2 is 1.23 bits per heavy atom. The molecule has 3 aromatic carbocycles. The maximum Gasteiger partial charge on any atom is 0.517 e. The van der Waals surface area contributed by atoms with Crippen molar-refractivity contribution in [2.45, 2.75) is 45.1 Å². The SMILES string of the molecule is C[N+](Cc1ccccc1)(C(=O)OCc1ccccc1)[C@@H](CCCCN)C(=O)OCc1ccccc1. The third-order valence-corrected chi connectivity index (χ3v) is 6.09. The number of hydrogen-bond acceptors (Lipinski definition) is 5. The summed E-state index contributed by atoms with van der Waals surface area (Å²) in [6.45, 7) is 1.11. The Bertz CT molecular complexity index is 1040. The van der Waals surface area contributed by atoms with E-state index in [2.05, 4.69) is 0 Å². The van der Waals surface area contributed by atoms with E-state index in [-0.39, 0.29) is 17.7 Å². The van der Waals surface area contributed by atoms with Gasteiger partial charge in [-0.1, -0.05) is 91.0 Å². The number of esters is 1. The normalized spacial score (nSPS) is 13.4. The van der Waals surface area contributed by atoms with Crippen molar-refractivity contribution in [3.8, 4) is 0 Å². The minimum Gasteiger partial charge on any atom is -0.456 e. The fourth-order valence-corrected chi connectivity index (χ4v) is 4.07. The lowest BCUT2D eigenvalue weighted by Crippen LogP contribution is -2.59. The smallest absolute Gasteiger partial charge is 0.456 e. The van der Waals surface area contributed by atoms with Crippen LogP contribution >= 0.6 is 0 Å². The van der Waals surface area contributed by atoms with E-state index in [1.807, 2.05) is 91.0 Å². The number of benzene rings is 3. The summed E-state index contributed by atoms with van der Waals surface area (Å²) in [6, 6.07) is 28.0. The molecule has 0 fully saturated rings. The molecule has 2 N–H and O–H groups in total. The zero-order chi connectivity index (χ0) is 24.9. The van der Waals surface area contributed by atoms with Crippen molar-refractivity contribution >= 4 is 12.1 Å². The van der Waals surface area contributed by atoms with Gasteiger partial charge in [0.05, 0.1) is 7.05 Å². The van der Waals surface area contributed by atoms with Crippen LogP contribution in [0.25, 0.3) is 0 Å². The molecule has 2 atom stereocenters. The Morgan fingerprint density at radius 3 is 1.74 bits per heavy atom. The molecule has 0 saturated carbocycles. The molecule has 6 heteroatoms. The van der Waals surface area contributed by atoms with Crippen LogP contribution in [-0.4, -0.2) is 36.2 Å². The molecule has 0 heterocycles. The second kappa shape index (κ2) is 13.4. The molecule has 3 aromatic rings. The van der Waals surface area contributed by atoms with Gasteiger partial charge in [-0.2, -0.15) is 4.79 Å². The number of ether oxygens (including phenoxy) is 2. The first-order chi connectivity index (χ1) is 17.0. The molecule has 184 valence electrons. The molecule has 1 amide bonds. The Morgan fingerprint density at radius 1 is 0.743 bits per heavy atom. The summed E-state index contributed by atoms with van der Waals surface area (Å²) in [4.78, 5) is 27.1. The number of quaternary nitrogens is 1.